The van der Waals surface area contributed by atoms with Gasteiger partial charge in [0.05, 0.1) is 49.9 Å². The maximum absolute atomic E-state index is 12.1. The van der Waals surface area contributed by atoms with E-state index >= 15 is 0 Å². The molecule has 0 spiro atoms. The molecule has 54 heavy (non-hydrogen) atoms. The fourth-order valence-corrected chi connectivity index (χ4v) is 7.83. The van der Waals surface area contributed by atoms with Gasteiger partial charge in [-0.2, -0.15) is 9.97 Å². The molecule has 0 saturated carbocycles. The van der Waals surface area contributed by atoms with Gasteiger partial charge in [-0.1, -0.05) is 41.5 Å². The zero-order chi connectivity index (χ0) is 40.0. The molecule has 4 aromatic heterocycles. The van der Waals surface area contributed by atoms with Crippen LogP contribution in [0, 0.1) is 17.8 Å². The van der Waals surface area contributed by atoms with E-state index in [0.29, 0.717) is 18.5 Å². The number of carbonyl (C=O) groups excluding carboxylic acids is 3. The number of thioether (sulfide) groups is 2. The molecule has 0 aromatic carbocycles. The van der Waals surface area contributed by atoms with Gasteiger partial charge in [0.25, 0.3) is 11.1 Å². The van der Waals surface area contributed by atoms with E-state index in [1.165, 1.54) is 36.2 Å². The summed E-state index contributed by atoms with van der Waals surface area (Å²) in [5.41, 5.74) is 5.61. The monoisotopic (exact) mass is 794 g/mol. The molecule has 2 saturated heterocycles. The van der Waals surface area contributed by atoms with Crippen LogP contribution in [0.1, 0.15) is 65.1 Å². The predicted octanol–water partition coefficient (Wildman–Crippen LogP) is 0.499. The number of esters is 2. The summed E-state index contributed by atoms with van der Waals surface area (Å²) in [6.07, 6.45) is 2.55. The van der Waals surface area contributed by atoms with E-state index < -0.39 is 40.6 Å². The van der Waals surface area contributed by atoms with E-state index in [0.717, 1.165) is 0 Å². The number of aliphatic hydroxyl groups is 4. The molecule has 0 aliphatic carbocycles. The molecule has 0 bridgehead atoms. The van der Waals surface area contributed by atoms with Gasteiger partial charge in [0.15, 0.2) is 22.3 Å². The van der Waals surface area contributed by atoms with Crippen LogP contribution in [0.5, 0.6) is 0 Å². The Kier molecular flexibility index (Phi) is 14.4. The second-order valence-corrected chi connectivity index (χ2v) is 16.3. The molecule has 2 aliphatic rings. The number of rotatable bonds is 8. The largest absolute Gasteiger partial charge is 0.395 e. The number of imidazole rings is 2. The van der Waals surface area contributed by atoms with Crippen LogP contribution in [0.3, 0.4) is 0 Å². The van der Waals surface area contributed by atoms with Gasteiger partial charge in [-0.25, -0.2) is 9.97 Å². The van der Waals surface area contributed by atoms with Crippen LogP contribution in [0.2, 0.25) is 0 Å². The number of aromatic amines is 2. The Labute approximate surface area is 316 Å². The van der Waals surface area contributed by atoms with Crippen LogP contribution in [0.25, 0.3) is 22.3 Å². The minimum Gasteiger partial charge on any atom is -0.395 e. The van der Waals surface area contributed by atoms with Crippen LogP contribution >= 0.6 is 23.5 Å². The van der Waals surface area contributed by atoms with Crippen molar-refractivity contribution in [2.24, 2.45) is 17.8 Å². The van der Waals surface area contributed by atoms with Gasteiger partial charge in [-0.15, -0.1) is 23.5 Å². The number of fused-ring (bicyclic) bond motifs is 2. The van der Waals surface area contributed by atoms with Gasteiger partial charge < -0.3 is 30.9 Å². The maximum atomic E-state index is 12.1. The number of H-pyrrole nitrogens is 2. The van der Waals surface area contributed by atoms with E-state index in [1.807, 2.05) is 0 Å². The SMILES string of the molecule is CC(C)C(=O)Nc1nc2c(ncn2[C@@H]2S[C@H](CO)C[C@H]2O)c(=O)[nH]1.CC(C)C(=O)OC(=O)C(C)C.Nc1nc2c(ncn2[C@@H]2S[C@H](CO)C[C@H]2O)c(=O)[nH]1. The molecule has 6 atom stereocenters. The van der Waals surface area contributed by atoms with Crippen molar-refractivity contribution in [3.8, 4) is 0 Å². The molecule has 4 aromatic rings. The average molecular weight is 795 g/mol. The first-order valence-electron chi connectivity index (χ1n) is 17.1. The number of aliphatic hydroxyl groups excluding tert-OH is 4. The highest BCUT2D eigenvalue weighted by atomic mass is 32.2. The quantitative estimate of drug-likeness (QED) is 0.0889. The molecular weight excluding hydrogens is 749 g/mol. The smallest absolute Gasteiger partial charge is 0.316 e. The van der Waals surface area contributed by atoms with E-state index in [2.05, 4.69) is 40.0 Å². The summed E-state index contributed by atoms with van der Waals surface area (Å²) in [5.74, 6) is -1.85. The van der Waals surface area contributed by atoms with E-state index in [9.17, 15) is 39.3 Å². The average Bonchev–Trinajstić information content (AvgIpc) is 3.90. The number of hydrogen-bond donors (Lipinski definition) is 8. The molecule has 9 N–H and O–H groups in total. The first kappa shape index (κ1) is 42.4. The van der Waals surface area contributed by atoms with Gasteiger partial charge in [0.1, 0.15) is 10.7 Å². The van der Waals surface area contributed by atoms with E-state index in [4.69, 9.17) is 10.8 Å². The summed E-state index contributed by atoms with van der Waals surface area (Å²) in [5, 5.41) is 40.4. The predicted molar refractivity (Wildman–Crippen MR) is 201 cm³/mol. The second kappa shape index (κ2) is 18.3. The molecule has 22 heteroatoms. The number of carbonyl (C=O) groups is 3. The summed E-state index contributed by atoms with van der Waals surface area (Å²) < 4.78 is 7.74. The van der Waals surface area contributed by atoms with Crippen molar-refractivity contribution in [1.82, 2.24) is 39.0 Å². The first-order chi connectivity index (χ1) is 25.4. The summed E-state index contributed by atoms with van der Waals surface area (Å²) in [4.78, 5) is 78.5. The maximum Gasteiger partial charge on any atom is 0.316 e. The second-order valence-electron chi connectivity index (χ2n) is 13.5. The standard InChI is InChI=1S/C14H19N5O4S.C10H13N5O3S.C8H14O3/c1-6(2)11(22)17-14-16-10-9(12(23)18-14)15-5-19(10)13-8(21)3-7(4-20)24-13;11-10-13-7-6(8(18)14-10)12-3-15(7)9-5(17)1-4(2-16)19-9;1-5(2)7(9)11-8(10)6(3)4/h5-8,13,20-21H,3-4H2,1-2H3,(H2,16,17,18,22,23);3-5,9,16-17H,1-2H2,(H3,11,13,14,18);5-6H,1-4H3/t7-,8+,13+;4-,5+,9+;/m00./s1. The Morgan fingerprint density at radius 3 is 1.67 bits per heavy atom. The molecule has 0 unspecified atom stereocenters. The minimum absolute atomic E-state index is 0.000999. The highest BCUT2D eigenvalue weighted by Gasteiger charge is 2.37. The van der Waals surface area contributed by atoms with Gasteiger partial charge in [-0.05, 0) is 12.8 Å². The van der Waals surface area contributed by atoms with Crippen LogP contribution in [-0.2, 0) is 19.1 Å². The van der Waals surface area contributed by atoms with Gasteiger partial charge in [-0.3, -0.25) is 48.4 Å². The number of nitrogen functional groups attached to an aromatic ring is 1. The molecular formula is C32H46N10O10S2. The Balaban J connectivity index is 0.000000194. The fourth-order valence-electron chi connectivity index (χ4n) is 5.09. The lowest BCUT2D eigenvalue weighted by atomic mass is 10.2. The lowest BCUT2D eigenvalue weighted by Gasteiger charge is -2.16. The topological polar surface area (TPSA) is 307 Å². The van der Waals surface area contributed by atoms with Crippen LogP contribution in [-0.4, -0.2) is 113 Å². The minimum atomic E-state index is -0.681. The van der Waals surface area contributed by atoms with Crippen molar-refractivity contribution in [1.29, 1.82) is 0 Å². The van der Waals surface area contributed by atoms with Crippen LogP contribution in [0.4, 0.5) is 11.9 Å². The number of ether oxygens (including phenoxy) is 1. The molecule has 2 aliphatic heterocycles. The fraction of sp³-hybridized carbons (Fsp3) is 0.594. The summed E-state index contributed by atoms with van der Waals surface area (Å²) in [6.45, 7) is 10.2. The van der Waals surface area contributed by atoms with Gasteiger partial charge >= 0.3 is 11.9 Å². The Hall–Kier alpha value is -4.35. The molecule has 6 rings (SSSR count). The summed E-state index contributed by atoms with van der Waals surface area (Å²) in [6, 6.07) is 0. The number of nitrogens with zero attached hydrogens (tertiary/aromatic N) is 6. The molecule has 20 nitrogen and oxygen atoms in total. The Bertz CT molecular complexity index is 2040. The molecule has 6 heterocycles. The number of aromatic nitrogens is 8. The summed E-state index contributed by atoms with van der Waals surface area (Å²) >= 11 is 2.84. The lowest BCUT2D eigenvalue weighted by Crippen LogP contribution is -2.23. The molecule has 1 amide bonds. The highest BCUT2D eigenvalue weighted by Crippen LogP contribution is 2.43. The van der Waals surface area contributed by atoms with Crippen molar-refractivity contribution < 1.29 is 39.5 Å². The normalized spacial score (nSPS) is 22.3. The van der Waals surface area contributed by atoms with Gasteiger partial charge in [0.2, 0.25) is 17.8 Å². The lowest BCUT2D eigenvalue weighted by molar-refractivity contribution is -0.164. The molecule has 0 radical (unpaired) electrons. The number of amides is 1. The zero-order valence-corrected chi connectivity index (χ0v) is 32.1. The van der Waals surface area contributed by atoms with Crippen LogP contribution in [0.15, 0.2) is 22.2 Å². The third-order valence-corrected chi connectivity index (χ3v) is 11.2. The zero-order valence-electron chi connectivity index (χ0n) is 30.5. The first-order valence-corrected chi connectivity index (χ1v) is 19.0. The van der Waals surface area contributed by atoms with Crippen molar-refractivity contribution in [3.63, 3.8) is 0 Å². The number of nitrogens with two attached hydrogens (primary N) is 1. The highest BCUT2D eigenvalue weighted by molar-refractivity contribution is 8.00. The van der Waals surface area contributed by atoms with Crippen molar-refractivity contribution >= 4 is 75.6 Å². The van der Waals surface area contributed by atoms with Gasteiger partial charge in [0, 0.05) is 16.4 Å². The van der Waals surface area contributed by atoms with Crippen molar-refractivity contribution in [2.45, 2.75) is 87.8 Å². The molecule has 2 fully saturated rings. The Morgan fingerprint density at radius 2 is 1.26 bits per heavy atom. The van der Waals surface area contributed by atoms with E-state index in [-0.39, 0.29) is 81.3 Å². The summed E-state index contributed by atoms with van der Waals surface area (Å²) in [7, 11) is 0. The number of hydrogen-bond acceptors (Lipinski definition) is 17. The van der Waals surface area contributed by atoms with Crippen molar-refractivity contribution in [2.75, 3.05) is 24.3 Å². The Morgan fingerprint density at radius 1 is 0.815 bits per heavy atom. The van der Waals surface area contributed by atoms with Crippen LogP contribution < -0.4 is 22.2 Å². The third-order valence-electron chi connectivity index (χ3n) is 8.08. The van der Waals surface area contributed by atoms with Crippen molar-refractivity contribution in [3.05, 3.63) is 33.4 Å². The third kappa shape index (κ3) is 10.0. The molecule has 296 valence electrons. The number of nitrogens with one attached hydrogen (secondary N) is 3. The van der Waals surface area contributed by atoms with E-state index in [1.54, 1.807) is 50.7 Å². The number of anilines is 2.